The van der Waals surface area contributed by atoms with Crippen LogP contribution in [-0.4, -0.2) is 36.6 Å². The van der Waals surface area contributed by atoms with Crippen LogP contribution in [-0.2, 0) is 10.0 Å². The first-order valence-electron chi connectivity index (χ1n) is 5.25. The van der Waals surface area contributed by atoms with Gasteiger partial charge in [-0.25, -0.2) is 17.4 Å². The maximum Gasteiger partial charge on any atom is 0.244 e. The average Bonchev–Trinajstić information content (AvgIpc) is 2.82. The normalized spacial score (nSPS) is 11.9. The Labute approximate surface area is 106 Å². The van der Waals surface area contributed by atoms with E-state index in [4.69, 9.17) is 5.73 Å². The monoisotopic (exact) mass is 266 g/mol. The van der Waals surface area contributed by atoms with E-state index < -0.39 is 10.0 Å². The molecule has 0 fully saturated rings. The van der Waals surface area contributed by atoms with Gasteiger partial charge in [0.15, 0.2) is 0 Å². The minimum Gasteiger partial charge on any atom is -0.396 e. The largest absolute Gasteiger partial charge is 0.396 e. The second-order valence-corrected chi connectivity index (χ2v) is 6.05. The van der Waals surface area contributed by atoms with Crippen LogP contribution in [0.4, 0.5) is 5.69 Å². The summed E-state index contributed by atoms with van der Waals surface area (Å²) in [6, 6.07) is 6.59. The Morgan fingerprint density at radius 2 is 2.00 bits per heavy atom. The molecule has 2 rings (SSSR count). The maximum atomic E-state index is 12.1. The van der Waals surface area contributed by atoms with Gasteiger partial charge in [-0.2, -0.15) is 5.10 Å². The van der Waals surface area contributed by atoms with Crippen molar-refractivity contribution < 1.29 is 8.42 Å². The lowest BCUT2D eigenvalue weighted by Gasteiger charge is -2.15. The molecule has 0 aliphatic rings. The van der Waals surface area contributed by atoms with Crippen molar-refractivity contribution in [3.63, 3.8) is 0 Å². The average molecular weight is 266 g/mol. The molecule has 1 heterocycles. The van der Waals surface area contributed by atoms with Crippen molar-refractivity contribution in [1.82, 2.24) is 14.1 Å². The highest BCUT2D eigenvalue weighted by atomic mass is 32.2. The van der Waals surface area contributed by atoms with Gasteiger partial charge in [0.25, 0.3) is 0 Å². The molecule has 0 amide bonds. The molecule has 6 nitrogen and oxygen atoms in total. The number of para-hydroxylation sites is 1. The van der Waals surface area contributed by atoms with Gasteiger partial charge in [-0.05, 0) is 18.2 Å². The second kappa shape index (κ2) is 4.43. The first-order chi connectivity index (χ1) is 8.44. The number of nitrogens with zero attached hydrogens (tertiary/aromatic N) is 3. The van der Waals surface area contributed by atoms with E-state index in [-0.39, 0.29) is 10.6 Å². The molecular weight excluding hydrogens is 252 g/mol. The molecule has 96 valence electrons. The van der Waals surface area contributed by atoms with E-state index >= 15 is 0 Å². The van der Waals surface area contributed by atoms with Crippen molar-refractivity contribution in [3.05, 3.63) is 36.7 Å². The Hall–Kier alpha value is -1.86. The second-order valence-electron chi connectivity index (χ2n) is 3.93. The van der Waals surface area contributed by atoms with Crippen molar-refractivity contribution in [2.24, 2.45) is 0 Å². The van der Waals surface area contributed by atoms with Crippen LogP contribution < -0.4 is 5.73 Å². The highest BCUT2D eigenvalue weighted by Gasteiger charge is 2.22. The highest BCUT2D eigenvalue weighted by molar-refractivity contribution is 7.89. The number of aromatic nitrogens is 2. The summed E-state index contributed by atoms with van der Waals surface area (Å²) in [7, 11) is -0.619. The Balaban J connectivity index is 2.64. The molecule has 0 saturated carbocycles. The van der Waals surface area contributed by atoms with Crippen LogP contribution in [0.1, 0.15) is 0 Å². The smallest absolute Gasteiger partial charge is 0.244 e. The number of benzene rings is 1. The molecule has 2 aromatic rings. The Morgan fingerprint density at radius 3 is 2.56 bits per heavy atom. The molecule has 0 unspecified atom stereocenters. The first-order valence-corrected chi connectivity index (χ1v) is 6.69. The van der Waals surface area contributed by atoms with E-state index in [1.54, 1.807) is 30.6 Å². The molecule has 18 heavy (non-hydrogen) atoms. The third-order valence-corrected chi connectivity index (χ3v) is 4.43. The minimum absolute atomic E-state index is 0.0838. The number of nitrogen functional groups attached to an aromatic ring is 1. The lowest BCUT2D eigenvalue weighted by molar-refractivity contribution is 0.521. The summed E-state index contributed by atoms with van der Waals surface area (Å²) in [6.07, 6.45) is 3.31. The summed E-state index contributed by atoms with van der Waals surface area (Å²) in [6.45, 7) is 0. The molecule has 0 radical (unpaired) electrons. The van der Waals surface area contributed by atoms with Crippen molar-refractivity contribution >= 4 is 15.7 Å². The molecule has 2 N–H and O–H groups in total. The van der Waals surface area contributed by atoms with E-state index in [2.05, 4.69) is 5.10 Å². The molecule has 1 aromatic heterocycles. The summed E-state index contributed by atoms with van der Waals surface area (Å²) in [5, 5.41) is 4.04. The fourth-order valence-electron chi connectivity index (χ4n) is 1.57. The zero-order valence-corrected chi connectivity index (χ0v) is 10.9. The molecule has 1 aromatic carbocycles. The Kier molecular flexibility index (Phi) is 3.10. The standard InChI is InChI=1S/C11H14N4O2S/c1-14(2)18(16,17)10-6-3-5-9(11(10)12)15-8-4-7-13-15/h3-8H,12H2,1-2H3. The van der Waals surface area contributed by atoms with Gasteiger partial charge in [0.05, 0.1) is 11.4 Å². The van der Waals surface area contributed by atoms with E-state index in [0.29, 0.717) is 5.69 Å². The summed E-state index contributed by atoms with van der Waals surface area (Å²) < 4.78 is 26.8. The molecule has 0 bridgehead atoms. The zero-order chi connectivity index (χ0) is 13.3. The van der Waals surface area contributed by atoms with Crippen LogP contribution in [0, 0.1) is 0 Å². The topological polar surface area (TPSA) is 81.2 Å². The molecule has 0 aliphatic carbocycles. The predicted molar refractivity (Wildman–Crippen MR) is 68.8 cm³/mol. The summed E-state index contributed by atoms with van der Waals surface area (Å²) >= 11 is 0. The van der Waals surface area contributed by atoms with E-state index in [0.717, 1.165) is 4.31 Å². The lowest BCUT2D eigenvalue weighted by Crippen LogP contribution is -2.23. The van der Waals surface area contributed by atoms with Crippen molar-refractivity contribution in [3.8, 4) is 5.69 Å². The van der Waals surface area contributed by atoms with E-state index in [9.17, 15) is 8.42 Å². The van der Waals surface area contributed by atoms with Crippen LogP contribution in [0.25, 0.3) is 5.69 Å². The highest BCUT2D eigenvalue weighted by Crippen LogP contribution is 2.26. The molecular formula is C11H14N4O2S. The Bertz CT molecular complexity index is 648. The molecule has 0 atom stereocenters. The van der Waals surface area contributed by atoms with Gasteiger partial charge in [-0.3, -0.25) is 0 Å². The van der Waals surface area contributed by atoms with Gasteiger partial charge in [-0.1, -0.05) is 6.07 Å². The lowest BCUT2D eigenvalue weighted by atomic mass is 10.3. The summed E-state index contributed by atoms with van der Waals surface area (Å²) in [5.74, 6) is 0. The number of rotatable bonds is 3. The van der Waals surface area contributed by atoms with Crippen LogP contribution in [0.15, 0.2) is 41.6 Å². The third-order valence-electron chi connectivity index (χ3n) is 2.55. The van der Waals surface area contributed by atoms with Crippen LogP contribution in [0.2, 0.25) is 0 Å². The predicted octanol–water partition coefficient (Wildman–Crippen LogP) is 0.705. The number of hydrogen-bond donors (Lipinski definition) is 1. The number of sulfonamides is 1. The van der Waals surface area contributed by atoms with Crippen molar-refractivity contribution in [2.45, 2.75) is 4.90 Å². The number of anilines is 1. The van der Waals surface area contributed by atoms with E-state index in [1.165, 1.54) is 24.8 Å². The van der Waals surface area contributed by atoms with Crippen LogP contribution >= 0.6 is 0 Å². The van der Waals surface area contributed by atoms with Gasteiger partial charge in [0, 0.05) is 26.5 Å². The van der Waals surface area contributed by atoms with Crippen LogP contribution in [0.3, 0.4) is 0 Å². The Morgan fingerprint density at radius 1 is 1.28 bits per heavy atom. The molecule has 7 heteroatoms. The van der Waals surface area contributed by atoms with E-state index in [1.807, 2.05) is 0 Å². The third kappa shape index (κ3) is 1.98. The van der Waals surface area contributed by atoms with Gasteiger partial charge in [0.1, 0.15) is 4.90 Å². The maximum absolute atomic E-state index is 12.1. The summed E-state index contributed by atoms with van der Waals surface area (Å²) in [5.41, 5.74) is 6.67. The molecule has 0 saturated heterocycles. The molecule has 0 aliphatic heterocycles. The number of hydrogen-bond acceptors (Lipinski definition) is 4. The van der Waals surface area contributed by atoms with Crippen LogP contribution in [0.5, 0.6) is 0 Å². The zero-order valence-electron chi connectivity index (χ0n) is 10.1. The van der Waals surface area contributed by atoms with Crippen molar-refractivity contribution in [1.29, 1.82) is 0 Å². The number of nitrogens with two attached hydrogens (primary N) is 1. The first kappa shape index (κ1) is 12.6. The van der Waals surface area contributed by atoms with Gasteiger partial charge in [-0.15, -0.1) is 0 Å². The van der Waals surface area contributed by atoms with Gasteiger partial charge < -0.3 is 5.73 Å². The molecule has 0 spiro atoms. The quantitative estimate of drug-likeness (QED) is 0.829. The van der Waals surface area contributed by atoms with Gasteiger partial charge in [0.2, 0.25) is 10.0 Å². The summed E-state index contributed by atoms with van der Waals surface area (Å²) in [4.78, 5) is 0.0838. The minimum atomic E-state index is -3.55. The van der Waals surface area contributed by atoms with Crippen molar-refractivity contribution in [2.75, 3.05) is 19.8 Å². The fraction of sp³-hybridized carbons (Fsp3) is 0.182. The SMILES string of the molecule is CN(C)S(=O)(=O)c1cccc(-n2cccn2)c1N. The van der Waals surface area contributed by atoms with Gasteiger partial charge >= 0.3 is 0 Å². The fourth-order valence-corrected chi connectivity index (χ4v) is 2.59.